The maximum Gasteiger partial charge on any atom is 0.191 e. The van der Waals surface area contributed by atoms with Crippen molar-refractivity contribution in [1.29, 1.82) is 0 Å². The number of aromatic amines is 1. The van der Waals surface area contributed by atoms with Crippen molar-refractivity contribution < 1.29 is 4.74 Å². The Morgan fingerprint density at radius 2 is 2.12 bits per heavy atom. The molecule has 0 aliphatic carbocycles. The van der Waals surface area contributed by atoms with Gasteiger partial charge in [-0.2, -0.15) is 11.8 Å². The Balaban J connectivity index is 1.51. The van der Waals surface area contributed by atoms with Gasteiger partial charge in [-0.25, -0.2) is 0 Å². The van der Waals surface area contributed by atoms with Gasteiger partial charge >= 0.3 is 0 Å². The summed E-state index contributed by atoms with van der Waals surface area (Å²) < 4.78 is 5.77. The lowest BCUT2D eigenvalue weighted by atomic mass is 9.99. The van der Waals surface area contributed by atoms with Crippen LogP contribution in [0.25, 0.3) is 10.9 Å². The third-order valence-corrected chi connectivity index (χ3v) is 6.67. The number of rotatable bonds is 6. The van der Waals surface area contributed by atoms with Gasteiger partial charge in [-0.15, -0.1) is 0 Å². The number of ether oxygens (including phenoxy) is 1. The molecule has 0 saturated carbocycles. The molecule has 1 saturated heterocycles. The molecule has 2 aromatic rings. The van der Waals surface area contributed by atoms with Gasteiger partial charge in [-0.05, 0) is 49.6 Å². The van der Waals surface area contributed by atoms with Crippen LogP contribution in [0.15, 0.2) is 29.4 Å². The smallest absolute Gasteiger partial charge is 0.191 e. The van der Waals surface area contributed by atoms with E-state index in [2.05, 4.69) is 58.2 Å². The second-order valence-corrected chi connectivity index (χ2v) is 8.24. The summed E-state index contributed by atoms with van der Waals surface area (Å²) in [5.41, 5.74) is 3.83. The molecule has 5 nitrogen and oxygen atoms in total. The van der Waals surface area contributed by atoms with Crippen molar-refractivity contribution in [2.24, 2.45) is 4.99 Å². The topological polar surface area (TPSA) is 61.4 Å². The van der Waals surface area contributed by atoms with Gasteiger partial charge in [-0.1, -0.05) is 12.1 Å². The molecule has 0 atom stereocenters. The Morgan fingerprint density at radius 1 is 1.31 bits per heavy atom. The van der Waals surface area contributed by atoms with E-state index in [1.807, 2.05) is 18.8 Å². The van der Waals surface area contributed by atoms with Crippen LogP contribution in [0.2, 0.25) is 0 Å². The third kappa shape index (κ3) is 4.54. The molecule has 0 radical (unpaired) electrons. The second-order valence-electron chi connectivity index (χ2n) is 6.97. The van der Waals surface area contributed by atoms with Crippen molar-refractivity contribution in [1.82, 2.24) is 15.6 Å². The van der Waals surface area contributed by atoms with E-state index in [-0.39, 0.29) is 4.75 Å². The van der Waals surface area contributed by atoms with Crippen molar-refractivity contribution in [3.8, 4) is 0 Å². The number of thioether (sulfide) groups is 1. The van der Waals surface area contributed by atoms with Crippen LogP contribution in [-0.2, 0) is 11.2 Å². The number of aliphatic imine (C=N–C) groups is 1. The summed E-state index contributed by atoms with van der Waals surface area (Å²) in [6.07, 6.45) is 7.46. The number of fused-ring (bicyclic) bond motifs is 1. The summed E-state index contributed by atoms with van der Waals surface area (Å²) >= 11 is 1.94. The molecule has 1 aromatic heterocycles. The van der Waals surface area contributed by atoms with Crippen LogP contribution in [-0.4, -0.2) is 55.3 Å². The first-order valence-electron chi connectivity index (χ1n) is 9.30. The quantitative estimate of drug-likeness (QED) is 0.537. The average Bonchev–Trinajstić information content (AvgIpc) is 3.07. The maximum absolute atomic E-state index is 5.52. The molecular formula is C20H30N4OS. The standard InChI is InChI=1S/C20H30N4OS/c1-15-4-5-17-16(13-23-18(17)12-15)6-9-22-19(21-2)24-14-20(26-3)7-10-25-11-8-20/h4-5,12-13,23H,6-11,14H2,1-3H3,(H2,21,22,24). The number of aromatic nitrogens is 1. The Hall–Kier alpha value is -1.66. The fourth-order valence-electron chi connectivity index (χ4n) is 3.48. The van der Waals surface area contributed by atoms with Gasteiger partial charge in [0.25, 0.3) is 0 Å². The zero-order valence-electron chi connectivity index (χ0n) is 16.0. The molecular weight excluding hydrogens is 344 g/mol. The highest BCUT2D eigenvalue weighted by Gasteiger charge is 2.31. The minimum Gasteiger partial charge on any atom is -0.381 e. The predicted octanol–water partition coefficient (Wildman–Crippen LogP) is 3.10. The number of H-pyrrole nitrogens is 1. The molecule has 1 aliphatic rings. The number of aryl methyl sites for hydroxylation is 1. The average molecular weight is 375 g/mol. The van der Waals surface area contributed by atoms with Gasteiger partial charge in [0.05, 0.1) is 0 Å². The van der Waals surface area contributed by atoms with Crippen LogP contribution in [0.3, 0.4) is 0 Å². The summed E-state index contributed by atoms with van der Waals surface area (Å²) in [6.45, 7) is 5.61. The summed E-state index contributed by atoms with van der Waals surface area (Å²) in [6, 6.07) is 6.57. The largest absolute Gasteiger partial charge is 0.381 e. The summed E-state index contributed by atoms with van der Waals surface area (Å²) in [5, 5.41) is 8.27. The summed E-state index contributed by atoms with van der Waals surface area (Å²) in [7, 11) is 1.83. The van der Waals surface area contributed by atoms with E-state index in [1.54, 1.807) is 0 Å². The first-order valence-corrected chi connectivity index (χ1v) is 10.5. The van der Waals surface area contributed by atoms with Crippen LogP contribution in [0.1, 0.15) is 24.0 Å². The summed E-state index contributed by atoms with van der Waals surface area (Å²) in [4.78, 5) is 7.75. The number of hydrogen-bond donors (Lipinski definition) is 3. The lowest BCUT2D eigenvalue weighted by molar-refractivity contribution is 0.0783. The molecule has 6 heteroatoms. The van der Waals surface area contributed by atoms with Crippen molar-refractivity contribution in [3.63, 3.8) is 0 Å². The highest BCUT2D eigenvalue weighted by molar-refractivity contribution is 8.00. The number of benzene rings is 1. The number of nitrogens with one attached hydrogen (secondary N) is 3. The third-order valence-electron chi connectivity index (χ3n) is 5.25. The SMILES string of the molecule is CN=C(NCCc1c[nH]c2cc(C)ccc12)NCC1(SC)CCOCC1. The first-order chi connectivity index (χ1) is 12.7. The normalized spacial score (nSPS) is 17.4. The van der Waals surface area contributed by atoms with E-state index in [0.29, 0.717) is 0 Å². The molecule has 0 unspecified atom stereocenters. The molecule has 1 aromatic carbocycles. The van der Waals surface area contributed by atoms with E-state index < -0.39 is 0 Å². The van der Waals surface area contributed by atoms with E-state index in [1.165, 1.54) is 22.0 Å². The molecule has 0 amide bonds. The van der Waals surface area contributed by atoms with Crippen molar-refractivity contribution >= 4 is 28.6 Å². The van der Waals surface area contributed by atoms with Gasteiger partial charge < -0.3 is 20.4 Å². The van der Waals surface area contributed by atoms with Gasteiger partial charge in [-0.3, -0.25) is 4.99 Å². The zero-order valence-corrected chi connectivity index (χ0v) is 16.8. The predicted molar refractivity (Wildman–Crippen MR) is 112 cm³/mol. The van der Waals surface area contributed by atoms with E-state index in [4.69, 9.17) is 4.74 Å². The highest BCUT2D eigenvalue weighted by Crippen LogP contribution is 2.32. The van der Waals surface area contributed by atoms with Gasteiger partial charge in [0.15, 0.2) is 5.96 Å². The minimum atomic E-state index is 0.255. The van der Waals surface area contributed by atoms with Crippen LogP contribution in [0, 0.1) is 6.92 Å². The van der Waals surface area contributed by atoms with Gasteiger partial charge in [0, 0.05) is 55.2 Å². The van der Waals surface area contributed by atoms with Gasteiger partial charge in [0.2, 0.25) is 0 Å². The molecule has 0 spiro atoms. The number of guanidine groups is 1. The number of hydrogen-bond acceptors (Lipinski definition) is 3. The maximum atomic E-state index is 5.52. The van der Waals surface area contributed by atoms with Crippen LogP contribution < -0.4 is 10.6 Å². The van der Waals surface area contributed by atoms with Crippen molar-refractivity contribution in [2.45, 2.75) is 30.9 Å². The molecule has 1 fully saturated rings. The zero-order chi connectivity index (χ0) is 18.4. The van der Waals surface area contributed by atoms with E-state index in [9.17, 15) is 0 Å². The second kappa shape index (κ2) is 8.82. The summed E-state index contributed by atoms with van der Waals surface area (Å²) in [5.74, 6) is 0.876. The van der Waals surface area contributed by atoms with Gasteiger partial charge in [0.1, 0.15) is 0 Å². The Bertz CT molecular complexity index is 749. The van der Waals surface area contributed by atoms with Crippen molar-refractivity contribution in [3.05, 3.63) is 35.5 Å². The molecule has 2 heterocycles. The molecule has 26 heavy (non-hydrogen) atoms. The Labute approximate surface area is 160 Å². The number of nitrogens with zero attached hydrogens (tertiary/aromatic N) is 1. The van der Waals surface area contributed by atoms with Crippen LogP contribution in [0.5, 0.6) is 0 Å². The van der Waals surface area contributed by atoms with Crippen LogP contribution in [0.4, 0.5) is 0 Å². The highest BCUT2D eigenvalue weighted by atomic mass is 32.2. The first kappa shape index (κ1) is 19.1. The Morgan fingerprint density at radius 3 is 2.85 bits per heavy atom. The molecule has 3 rings (SSSR count). The Kier molecular flexibility index (Phi) is 6.48. The molecule has 142 valence electrons. The monoisotopic (exact) mass is 374 g/mol. The fourth-order valence-corrected chi connectivity index (χ4v) is 4.28. The minimum absolute atomic E-state index is 0.255. The molecule has 1 aliphatic heterocycles. The lowest BCUT2D eigenvalue weighted by Gasteiger charge is -2.36. The molecule has 3 N–H and O–H groups in total. The van der Waals surface area contributed by atoms with E-state index >= 15 is 0 Å². The fraction of sp³-hybridized carbons (Fsp3) is 0.550. The van der Waals surface area contributed by atoms with Crippen molar-refractivity contribution in [2.75, 3.05) is 39.6 Å². The van der Waals surface area contributed by atoms with E-state index in [0.717, 1.165) is 51.5 Å². The lowest BCUT2D eigenvalue weighted by Crippen LogP contribution is -2.48. The van der Waals surface area contributed by atoms with Crippen LogP contribution >= 0.6 is 11.8 Å². The molecule has 0 bridgehead atoms.